The van der Waals surface area contributed by atoms with Crippen LogP contribution < -0.4 is 10.5 Å². The zero-order chi connectivity index (χ0) is 12.3. The minimum Gasteiger partial charge on any atom is -0.439 e. The number of aromatic nitrogens is 1. The topological polar surface area (TPSA) is 91.3 Å². The Bertz CT molecular complexity index is 543. The molecule has 0 unspecified atom stereocenters. The Hall–Kier alpha value is -2.63. The molecule has 1 aromatic carbocycles. The first kappa shape index (κ1) is 10.9. The Balaban J connectivity index is 2.29. The normalized spacial score (nSPS) is 9.88. The number of anilines is 1. The van der Waals surface area contributed by atoms with Gasteiger partial charge in [0.05, 0.1) is 11.0 Å². The lowest BCUT2D eigenvalue weighted by molar-refractivity contribution is -0.384. The molecule has 0 atom stereocenters. The Kier molecular flexibility index (Phi) is 2.87. The summed E-state index contributed by atoms with van der Waals surface area (Å²) in [4.78, 5) is 14.1. The van der Waals surface area contributed by atoms with Crippen LogP contribution in [0.2, 0.25) is 0 Å². The highest BCUT2D eigenvalue weighted by Crippen LogP contribution is 2.28. The molecule has 0 fully saturated rings. The largest absolute Gasteiger partial charge is 0.439 e. The van der Waals surface area contributed by atoms with Crippen LogP contribution in [0, 0.1) is 10.1 Å². The molecule has 1 aromatic heterocycles. The van der Waals surface area contributed by atoms with Gasteiger partial charge in [-0.1, -0.05) is 6.07 Å². The standard InChI is InChI=1S/C11H9N3O3/c12-9-5-4-8(7-10(9)14(15)16)17-11-3-1-2-6-13-11/h1-7H,12H2. The molecule has 6 nitrogen and oxygen atoms in total. The molecule has 0 amide bonds. The molecule has 2 rings (SSSR count). The van der Waals surface area contributed by atoms with Gasteiger partial charge in [0.1, 0.15) is 11.4 Å². The number of ether oxygens (including phenoxy) is 1. The zero-order valence-electron chi connectivity index (χ0n) is 8.74. The molecule has 17 heavy (non-hydrogen) atoms. The van der Waals surface area contributed by atoms with Crippen molar-refractivity contribution in [3.63, 3.8) is 0 Å². The maximum absolute atomic E-state index is 10.7. The minimum atomic E-state index is -0.555. The number of hydrogen-bond acceptors (Lipinski definition) is 5. The van der Waals surface area contributed by atoms with Gasteiger partial charge in [-0.05, 0) is 18.2 Å². The maximum atomic E-state index is 10.7. The summed E-state index contributed by atoms with van der Waals surface area (Å²) >= 11 is 0. The van der Waals surface area contributed by atoms with Gasteiger partial charge >= 0.3 is 0 Å². The summed E-state index contributed by atoms with van der Waals surface area (Å²) in [5, 5.41) is 10.7. The first-order valence-electron chi connectivity index (χ1n) is 4.79. The lowest BCUT2D eigenvalue weighted by Crippen LogP contribution is -1.96. The Morgan fingerprint density at radius 2 is 2.12 bits per heavy atom. The van der Waals surface area contributed by atoms with Gasteiger partial charge in [-0.25, -0.2) is 4.98 Å². The van der Waals surface area contributed by atoms with E-state index in [0.29, 0.717) is 11.6 Å². The monoisotopic (exact) mass is 231 g/mol. The van der Waals surface area contributed by atoms with Crippen LogP contribution in [-0.2, 0) is 0 Å². The maximum Gasteiger partial charge on any atom is 0.295 e. The highest BCUT2D eigenvalue weighted by atomic mass is 16.6. The molecule has 0 aliphatic rings. The average Bonchev–Trinajstić information content (AvgIpc) is 2.32. The van der Waals surface area contributed by atoms with E-state index in [1.54, 1.807) is 30.5 Å². The lowest BCUT2D eigenvalue weighted by Gasteiger charge is -2.04. The quantitative estimate of drug-likeness (QED) is 0.497. The van der Waals surface area contributed by atoms with Gasteiger partial charge in [0, 0.05) is 12.3 Å². The van der Waals surface area contributed by atoms with E-state index in [9.17, 15) is 10.1 Å². The fraction of sp³-hybridized carbons (Fsp3) is 0. The molecular formula is C11H9N3O3. The molecule has 2 aromatic rings. The van der Waals surface area contributed by atoms with Crippen LogP contribution in [0.4, 0.5) is 11.4 Å². The number of benzene rings is 1. The molecule has 0 radical (unpaired) electrons. The molecule has 0 aliphatic carbocycles. The molecule has 0 saturated heterocycles. The van der Waals surface area contributed by atoms with Gasteiger partial charge in [-0.3, -0.25) is 10.1 Å². The third kappa shape index (κ3) is 2.49. The van der Waals surface area contributed by atoms with Crippen molar-refractivity contribution in [2.45, 2.75) is 0 Å². The first-order valence-corrected chi connectivity index (χ1v) is 4.79. The van der Waals surface area contributed by atoms with E-state index in [1.165, 1.54) is 12.1 Å². The Labute approximate surface area is 96.8 Å². The predicted octanol–water partition coefficient (Wildman–Crippen LogP) is 2.36. The summed E-state index contributed by atoms with van der Waals surface area (Å²) in [5.41, 5.74) is 5.39. The van der Waals surface area contributed by atoms with Crippen molar-refractivity contribution >= 4 is 11.4 Å². The fourth-order valence-electron chi connectivity index (χ4n) is 1.27. The van der Waals surface area contributed by atoms with E-state index in [-0.39, 0.29) is 11.4 Å². The third-order valence-electron chi connectivity index (χ3n) is 2.06. The lowest BCUT2D eigenvalue weighted by atomic mass is 10.2. The summed E-state index contributed by atoms with van der Waals surface area (Å²) in [5.74, 6) is 0.691. The van der Waals surface area contributed by atoms with E-state index < -0.39 is 4.92 Å². The van der Waals surface area contributed by atoms with Crippen molar-refractivity contribution in [2.75, 3.05) is 5.73 Å². The van der Waals surface area contributed by atoms with Crippen molar-refractivity contribution in [3.8, 4) is 11.6 Å². The minimum absolute atomic E-state index is 0.100. The molecule has 86 valence electrons. The van der Waals surface area contributed by atoms with E-state index >= 15 is 0 Å². The van der Waals surface area contributed by atoms with Crippen LogP contribution in [0.3, 0.4) is 0 Å². The SMILES string of the molecule is Nc1ccc(Oc2ccccn2)cc1[N+](=O)[O-]. The van der Waals surface area contributed by atoms with Gasteiger partial charge in [0.2, 0.25) is 5.88 Å². The Morgan fingerprint density at radius 1 is 1.29 bits per heavy atom. The Morgan fingerprint density at radius 3 is 2.76 bits per heavy atom. The second-order valence-electron chi connectivity index (χ2n) is 3.25. The highest BCUT2D eigenvalue weighted by Gasteiger charge is 2.12. The molecule has 0 bridgehead atoms. The van der Waals surface area contributed by atoms with E-state index in [2.05, 4.69) is 4.98 Å². The molecule has 0 saturated carbocycles. The smallest absolute Gasteiger partial charge is 0.295 e. The van der Waals surface area contributed by atoms with Crippen LogP contribution in [0.25, 0.3) is 0 Å². The molecular weight excluding hydrogens is 222 g/mol. The van der Waals surface area contributed by atoms with Crippen molar-refractivity contribution in [1.82, 2.24) is 4.98 Å². The molecule has 0 spiro atoms. The van der Waals surface area contributed by atoms with Crippen LogP contribution in [0.15, 0.2) is 42.6 Å². The summed E-state index contributed by atoms with van der Waals surface area (Å²) in [6, 6.07) is 9.41. The second kappa shape index (κ2) is 4.48. The number of nitro groups is 1. The number of nitro benzene ring substituents is 1. The van der Waals surface area contributed by atoms with Crippen LogP contribution in [-0.4, -0.2) is 9.91 Å². The van der Waals surface area contributed by atoms with E-state index in [1.807, 2.05) is 0 Å². The number of nitrogens with two attached hydrogens (primary N) is 1. The number of hydrogen-bond donors (Lipinski definition) is 1. The molecule has 1 heterocycles. The summed E-state index contributed by atoms with van der Waals surface area (Å²) in [7, 11) is 0. The van der Waals surface area contributed by atoms with Gasteiger partial charge in [-0.15, -0.1) is 0 Å². The third-order valence-corrected chi connectivity index (χ3v) is 2.06. The highest BCUT2D eigenvalue weighted by molar-refractivity contribution is 5.60. The van der Waals surface area contributed by atoms with Gasteiger partial charge in [-0.2, -0.15) is 0 Å². The van der Waals surface area contributed by atoms with Crippen LogP contribution in [0.5, 0.6) is 11.6 Å². The average molecular weight is 231 g/mol. The fourth-order valence-corrected chi connectivity index (χ4v) is 1.27. The van der Waals surface area contributed by atoms with Gasteiger partial charge in [0.25, 0.3) is 5.69 Å². The van der Waals surface area contributed by atoms with E-state index in [4.69, 9.17) is 10.5 Å². The molecule has 0 aliphatic heterocycles. The summed E-state index contributed by atoms with van der Waals surface area (Å²) in [6.07, 6.45) is 1.57. The van der Waals surface area contributed by atoms with Crippen LogP contribution in [0.1, 0.15) is 0 Å². The zero-order valence-corrected chi connectivity index (χ0v) is 8.74. The van der Waals surface area contributed by atoms with Gasteiger partial charge in [0.15, 0.2) is 0 Å². The van der Waals surface area contributed by atoms with Crippen molar-refractivity contribution in [3.05, 3.63) is 52.7 Å². The van der Waals surface area contributed by atoms with Crippen LogP contribution >= 0.6 is 0 Å². The molecule has 6 heteroatoms. The molecule has 2 N–H and O–H groups in total. The van der Waals surface area contributed by atoms with E-state index in [0.717, 1.165) is 0 Å². The summed E-state index contributed by atoms with van der Waals surface area (Å²) in [6.45, 7) is 0. The number of nitrogen functional groups attached to an aromatic ring is 1. The van der Waals surface area contributed by atoms with Crippen molar-refractivity contribution in [2.24, 2.45) is 0 Å². The van der Waals surface area contributed by atoms with Crippen molar-refractivity contribution < 1.29 is 9.66 Å². The summed E-state index contributed by atoms with van der Waals surface area (Å²) < 4.78 is 5.35. The number of rotatable bonds is 3. The number of nitrogens with zero attached hydrogens (tertiary/aromatic N) is 2. The van der Waals surface area contributed by atoms with Crippen molar-refractivity contribution in [1.29, 1.82) is 0 Å². The predicted molar refractivity (Wildman–Crippen MR) is 61.8 cm³/mol. The number of pyridine rings is 1. The van der Waals surface area contributed by atoms with Gasteiger partial charge < -0.3 is 10.5 Å². The first-order chi connectivity index (χ1) is 8.16. The second-order valence-corrected chi connectivity index (χ2v) is 3.25.